The maximum atomic E-state index is 13.4. The van der Waals surface area contributed by atoms with E-state index in [1.807, 2.05) is 6.07 Å². The number of hydrogen-bond donors (Lipinski definition) is 0. The van der Waals surface area contributed by atoms with E-state index in [1.165, 1.54) is 0 Å². The largest absolute Gasteiger partial charge is 0.460 e. The van der Waals surface area contributed by atoms with Crippen molar-refractivity contribution < 1.29 is 23.1 Å². The summed E-state index contributed by atoms with van der Waals surface area (Å²) < 4.78 is 31.1. The van der Waals surface area contributed by atoms with E-state index in [4.69, 9.17) is 4.74 Å². The van der Waals surface area contributed by atoms with Crippen molar-refractivity contribution >= 4 is 11.8 Å². The van der Waals surface area contributed by atoms with Crippen LogP contribution in [0.2, 0.25) is 0 Å². The first-order valence-corrected chi connectivity index (χ1v) is 6.24. The zero-order valence-corrected chi connectivity index (χ0v) is 11.0. The highest BCUT2D eigenvalue weighted by molar-refractivity contribution is 6.06. The fourth-order valence-corrected chi connectivity index (χ4v) is 1.73. The predicted octanol–water partition coefficient (Wildman–Crippen LogP) is 3.28. The van der Waals surface area contributed by atoms with Gasteiger partial charge in [-0.1, -0.05) is 30.3 Å². The molecular weight excluding hydrogens is 278 g/mol. The predicted molar refractivity (Wildman–Crippen MR) is 71.5 cm³/mol. The summed E-state index contributed by atoms with van der Waals surface area (Å²) in [5.41, 5.74) is 0.458. The van der Waals surface area contributed by atoms with Gasteiger partial charge in [-0.2, -0.15) is 0 Å². The molecule has 0 N–H and O–H groups in total. The third-order valence-corrected chi connectivity index (χ3v) is 2.78. The summed E-state index contributed by atoms with van der Waals surface area (Å²) in [6.07, 6.45) is -0.588. The number of ketones is 1. The van der Waals surface area contributed by atoms with Crippen molar-refractivity contribution in [3.8, 4) is 0 Å². The quantitative estimate of drug-likeness (QED) is 0.482. The zero-order chi connectivity index (χ0) is 15.2. The van der Waals surface area contributed by atoms with Crippen LogP contribution in [-0.4, -0.2) is 11.8 Å². The molecule has 0 saturated heterocycles. The molecule has 0 saturated carbocycles. The Morgan fingerprint density at radius 1 is 1.00 bits per heavy atom. The molecule has 0 bridgehead atoms. The lowest BCUT2D eigenvalue weighted by Gasteiger charge is -2.05. The van der Waals surface area contributed by atoms with E-state index in [-0.39, 0.29) is 12.2 Å². The summed E-state index contributed by atoms with van der Waals surface area (Å²) >= 11 is 0. The van der Waals surface area contributed by atoms with Crippen LogP contribution in [0.1, 0.15) is 22.3 Å². The Kier molecular flexibility index (Phi) is 4.77. The van der Waals surface area contributed by atoms with Crippen molar-refractivity contribution in [3.63, 3.8) is 0 Å². The van der Waals surface area contributed by atoms with Crippen LogP contribution in [0.4, 0.5) is 8.78 Å². The Morgan fingerprint density at radius 3 is 2.38 bits per heavy atom. The molecule has 0 aliphatic rings. The van der Waals surface area contributed by atoms with Crippen molar-refractivity contribution in [1.82, 2.24) is 0 Å². The number of hydrogen-bond acceptors (Lipinski definition) is 3. The number of esters is 1. The number of halogens is 2. The van der Waals surface area contributed by atoms with E-state index in [0.29, 0.717) is 6.07 Å². The van der Waals surface area contributed by atoms with Gasteiger partial charge in [0.1, 0.15) is 24.7 Å². The standard InChI is InChI=1S/C16H12F2O3/c17-12-6-7-13(14(18)8-12)15(19)9-16(20)21-10-11-4-2-1-3-5-11/h1-8H,9-10H2. The first kappa shape index (κ1) is 14.8. The number of ether oxygens (including phenoxy) is 1. The van der Waals surface area contributed by atoms with Gasteiger partial charge in [-0.05, 0) is 17.7 Å². The Bertz CT molecular complexity index is 654. The average molecular weight is 290 g/mol. The summed E-state index contributed by atoms with van der Waals surface area (Å²) in [6.45, 7) is 0.0405. The molecule has 2 rings (SSSR count). The number of carbonyl (C=O) groups excluding carboxylic acids is 2. The molecule has 0 radical (unpaired) electrons. The van der Waals surface area contributed by atoms with Crippen molar-refractivity contribution in [1.29, 1.82) is 0 Å². The molecule has 0 aliphatic carbocycles. The fourth-order valence-electron chi connectivity index (χ4n) is 1.73. The normalized spacial score (nSPS) is 10.2. The summed E-state index contributed by atoms with van der Waals surface area (Å²) in [6, 6.07) is 11.5. The van der Waals surface area contributed by atoms with E-state index in [9.17, 15) is 18.4 Å². The second-order valence-corrected chi connectivity index (χ2v) is 4.37. The molecule has 0 unspecified atom stereocenters. The molecule has 0 aromatic heterocycles. The van der Waals surface area contributed by atoms with Gasteiger partial charge < -0.3 is 4.74 Å². The molecular formula is C16H12F2O3. The average Bonchev–Trinajstić information content (AvgIpc) is 2.46. The topological polar surface area (TPSA) is 43.4 Å². The second-order valence-electron chi connectivity index (χ2n) is 4.37. The number of benzene rings is 2. The van der Waals surface area contributed by atoms with Gasteiger partial charge in [-0.3, -0.25) is 9.59 Å². The molecule has 0 fully saturated rings. The Morgan fingerprint density at radius 2 is 1.71 bits per heavy atom. The highest BCUT2D eigenvalue weighted by Crippen LogP contribution is 2.12. The lowest BCUT2D eigenvalue weighted by molar-refractivity contribution is -0.143. The van der Waals surface area contributed by atoms with Crippen LogP contribution in [0.15, 0.2) is 48.5 Å². The van der Waals surface area contributed by atoms with Gasteiger partial charge >= 0.3 is 5.97 Å². The van der Waals surface area contributed by atoms with Crippen LogP contribution in [0.25, 0.3) is 0 Å². The van der Waals surface area contributed by atoms with Crippen LogP contribution in [-0.2, 0) is 16.1 Å². The Hall–Kier alpha value is -2.56. The van der Waals surface area contributed by atoms with Crippen LogP contribution < -0.4 is 0 Å². The van der Waals surface area contributed by atoms with Gasteiger partial charge in [0, 0.05) is 6.07 Å². The smallest absolute Gasteiger partial charge is 0.314 e. The molecule has 0 heterocycles. The number of rotatable bonds is 5. The third-order valence-electron chi connectivity index (χ3n) is 2.78. The lowest BCUT2D eigenvalue weighted by atomic mass is 10.1. The van der Waals surface area contributed by atoms with Crippen LogP contribution >= 0.6 is 0 Å². The molecule has 2 aromatic rings. The Balaban J connectivity index is 1.91. The van der Waals surface area contributed by atoms with Crippen molar-refractivity contribution in [2.75, 3.05) is 0 Å². The van der Waals surface area contributed by atoms with Gasteiger partial charge in [-0.25, -0.2) is 8.78 Å². The molecule has 0 aliphatic heterocycles. The Labute approximate surface area is 120 Å². The maximum Gasteiger partial charge on any atom is 0.314 e. The summed E-state index contributed by atoms with van der Waals surface area (Å²) in [5, 5.41) is 0. The highest BCUT2D eigenvalue weighted by Gasteiger charge is 2.17. The molecule has 108 valence electrons. The molecule has 5 heteroatoms. The van der Waals surface area contributed by atoms with Gasteiger partial charge in [0.15, 0.2) is 5.78 Å². The van der Waals surface area contributed by atoms with Crippen molar-refractivity contribution in [2.45, 2.75) is 13.0 Å². The van der Waals surface area contributed by atoms with Crippen LogP contribution in [0.3, 0.4) is 0 Å². The summed E-state index contributed by atoms with van der Waals surface area (Å²) in [7, 11) is 0. The van der Waals surface area contributed by atoms with Crippen molar-refractivity contribution in [2.24, 2.45) is 0 Å². The minimum atomic E-state index is -0.990. The second kappa shape index (κ2) is 6.74. The molecule has 3 nitrogen and oxygen atoms in total. The van der Waals surface area contributed by atoms with E-state index in [1.54, 1.807) is 24.3 Å². The fraction of sp³-hybridized carbons (Fsp3) is 0.125. The van der Waals surface area contributed by atoms with E-state index < -0.39 is 29.8 Å². The van der Waals surface area contributed by atoms with Crippen LogP contribution in [0, 0.1) is 11.6 Å². The molecule has 0 spiro atoms. The van der Waals surface area contributed by atoms with Crippen LogP contribution in [0.5, 0.6) is 0 Å². The van der Waals surface area contributed by atoms with E-state index in [2.05, 4.69) is 0 Å². The maximum absolute atomic E-state index is 13.4. The summed E-state index contributed by atoms with van der Waals surface area (Å²) in [4.78, 5) is 23.3. The minimum absolute atomic E-state index is 0.0405. The molecule has 0 atom stereocenters. The molecule has 0 amide bonds. The van der Waals surface area contributed by atoms with Gasteiger partial charge in [0.05, 0.1) is 5.56 Å². The molecule has 21 heavy (non-hydrogen) atoms. The van der Waals surface area contributed by atoms with E-state index >= 15 is 0 Å². The van der Waals surface area contributed by atoms with Gasteiger partial charge in [0.25, 0.3) is 0 Å². The summed E-state index contributed by atoms with van der Waals surface area (Å²) in [5.74, 6) is -3.27. The lowest BCUT2D eigenvalue weighted by Crippen LogP contribution is -2.12. The first-order chi connectivity index (χ1) is 10.1. The van der Waals surface area contributed by atoms with E-state index in [0.717, 1.165) is 17.7 Å². The SMILES string of the molecule is O=C(CC(=O)c1ccc(F)cc1F)OCc1ccccc1. The first-order valence-electron chi connectivity index (χ1n) is 6.24. The monoisotopic (exact) mass is 290 g/mol. The van der Waals surface area contributed by atoms with Crippen molar-refractivity contribution in [3.05, 3.63) is 71.3 Å². The number of Topliss-reactive ketones (excluding diaryl/α,β-unsaturated/α-hetero) is 1. The third kappa shape index (κ3) is 4.21. The van der Waals surface area contributed by atoms with Gasteiger partial charge in [0.2, 0.25) is 0 Å². The zero-order valence-electron chi connectivity index (χ0n) is 11.0. The number of carbonyl (C=O) groups is 2. The molecule has 2 aromatic carbocycles. The minimum Gasteiger partial charge on any atom is -0.460 e. The van der Waals surface area contributed by atoms with Gasteiger partial charge in [-0.15, -0.1) is 0 Å². The highest BCUT2D eigenvalue weighted by atomic mass is 19.1.